The van der Waals surface area contributed by atoms with Crippen LogP contribution in [0.4, 0.5) is 11.8 Å². The van der Waals surface area contributed by atoms with E-state index in [1.807, 2.05) is 60.3 Å². The molecule has 0 aliphatic carbocycles. The predicted molar refractivity (Wildman–Crippen MR) is 94.7 cm³/mol. The highest BCUT2D eigenvalue weighted by atomic mass is 32.1. The van der Waals surface area contributed by atoms with Gasteiger partial charge >= 0.3 is 0 Å². The van der Waals surface area contributed by atoms with Gasteiger partial charge in [0, 0.05) is 23.0 Å². The third-order valence-electron chi connectivity index (χ3n) is 3.37. The Morgan fingerprint density at radius 2 is 1.92 bits per heavy atom. The number of imidazole rings is 1. The molecule has 1 N–H and O–H groups in total. The third kappa shape index (κ3) is 3.02. The largest absolute Gasteiger partial charge is 0.307 e. The summed E-state index contributed by atoms with van der Waals surface area (Å²) in [6, 6.07) is 11.9. The number of aromatic nitrogens is 5. The van der Waals surface area contributed by atoms with Crippen LogP contribution in [0.5, 0.6) is 0 Å². The second-order valence-electron chi connectivity index (χ2n) is 5.17. The summed E-state index contributed by atoms with van der Waals surface area (Å²) in [5, 5.41) is 4.02. The molecule has 6 nitrogen and oxygen atoms in total. The van der Waals surface area contributed by atoms with E-state index in [0.717, 1.165) is 21.3 Å². The maximum absolute atomic E-state index is 4.51. The molecule has 0 amide bonds. The van der Waals surface area contributed by atoms with Crippen LogP contribution in [0.3, 0.4) is 0 Å². The number of benzene rings is 1. The molecule has 4 rings (SSSR count). The number of rotatable bonds is 4. The van der Waals surface area contributed by atoms with Crippen molar-refractivity contribution in [2.24, 2.45) is 0 Å². The molecule has 4 aromatic rings. The fraction of sp³-hybridized carbons (Fsp3) is 0.0588. The number of hydrogen-bond donors (Lipinski definition) is 1. The van der Waals surface area contributed by atoms with Crippen molar-refractivity contribution in [1.82, 2.24) is 24.5 Å². The van der Waals surface area contributed by atoms with Gasteiger partial charge in [-0.25, -0.2) is 19.9 Å². The Morgan fingerprint density at radius 3 is 2.71 bits per heavy atom. The van der Waals surface area contributed by atoms with Crippen molar-refractivity contribution in [1.29, 1.82) is 0 Å². The minimum Gasteiger partial charge on any atom is -0.307 e. The highest BCUT2D eigenvalue weighted by Crippen LogP contribution is 2.23. The van der Waals surface area contributed by atoms with E-state index in [9.17, 15) is 0 Å². The fourth-order valence-corrected chi connectivity index (χ4v) is 2.99. The number of nitrogens with zero attached hydrogens (tertiary/aromatic N) is 5. The lowest BCUT2D eigenvalue weighted by Gasteiger charge is -2.03. The summed E-state index contributed by atoms with van der Waals surface area (Å²) in [4.78, 5) is 18.6. The lowest BCUT2D eigenvalue weighted by Crippen LogP contribution is -1.98. The van der Waals surface area contributed by atoms with Crippen LogP contribution in [0.25, 0.3) is 16.4 Å². The molecule has 1 aromatic carbocycles. The van der Waals surface area contributed by atoms with Gasteiger partial charge in [-0.2, -0.15) is 0 Å². The maximum Gasteiger partial charge on any atom is 0.229 e. The summed E-state index contributed by atoms with van der Waals surface area (Å²) >= 11 is 1.61. The second kappa shape index (κ2) is 6.21. The molecule has 0 spiro atoms. The number of hydrogen-bond acceptors (Lipinski definition) is 6. The van der Waals surface area contributed by atoms with Gasteiger partial charge < -0.3 is 9.88 Å². The van der Waals surface area contributed by atoms with Gasteiger partial charge in [-0.1, -0.05) is 18.2 Å². The highest BCUT2D eigenvalue weighted by molar-refractivity contribution is 7.14. The highest BCUT2D eigenvalue weighted by Gasteiger charge is 2.07. The summed E-state index contributed by atoms with van der Waals surface area (Å²) in [5.41, 5.74) is 1.85. The van der Waals surface area contributed by atoms with E-state index in [0.29, 0.717) is 11.8 Å². The normalized spacial score (nSPS) is 10.7. The number of para-hydroxylation sites is 1. The second-order valence-corrected chi connectivity index (χ2v) is 6.40. The number of aryl methyl sites for hydroxylation is 1. The van der Waals surface area contributed by atoms with Crippen molar-refractivity contribution in [2.45, 2.75) is 6.92 Å². The molecule has 0 aliphatic heterocycles. The number of anilines is 2. The Kier molecular flexibility index (Phi) is 3.76. The first kappa shape index (κ1) is 14.5. The standard InChI is InChI=1S/C17H14N6S/c1-12-9-19-16(24-12)14-7-8-18-17(21-14)22-15-10-23(11-20-15)13-5-3-2-4-6-13/h2-11H,1H3,(H,18,21,22). The molecule has 24 heavy (non-hydrogen) atoms. The summed E-state index contributed by atoms with van der Waals surface area (Å²) in [5.74, 6) is 1.19. The van der Waals surface area contributed by atoms with Crippen molar-refractivity contribution in [3.63, 3.8) is 0 Å². The first-order valence-electron chi connectivity index (χ1n) is 7.40. The van der Waals surface area contributed by atoms with Crippen LogP contribution in [-0.4, -0.2) is 24.5 Å². The van der Waals surface area contributed by atoms with E-state index in [4.69, 9.17) is 0 Å². The molecule has 3 aromatic heterocycles. The SMILES string of the molecule is Cc1cnc(-c2ccnc(Nc3cn(-c4ccccc4)cn3)n2)s1. The zero-order chi connectivity index (χ0) is 16.4. The molecule has 3 heterocycles. The van der Waals surface area contributed by atoms with Crippen LogP contribution in [0.1, 0.15) is 4.88 Å². The van der Waals surface area contributed by atoms with E-state index in [1.54, 1.807) is 23.9 Å². The minimum atomic E-state index is 0.499. The van der Waals surface area contributed by atoms with Crippen molar-refractivity contribution in [2.75, 3.05) is 5.32 Å². The van der Waals surface area contributed by atoms with Crippen LogP contribution in [0.2, 0.25) is 0 Å². The summed E-state index contributed by atoms with van der Waals surface area (Å²) < 4.78 is 1.94. The van der Waals surface area contributed by atoms with Gasteiger partial charge in [-0.3, -0.25) is 0 Å². The van der Waals surface area contributed by atoms with Gasteiger partial charge in [0.05, 0.1) is 6.20 Å². The van der Waals surface area contributed by atoms with Gasteiger partial charge in [0.25, 0.3) is 0 Å². The summed E-state index contributed by atoms with van der Waals surface area (Å²) in [6.07, 6.45) is 7.22. The first-order valence-corrected chi connectivity index (χ1v) is 8.22. The van der Waals surface area contributed by atoms with Crippen LogP contribution in [0, 0.1) is 6.92 Å². The van der Waals surface area contributed by atoms with Gasteiger partial charge in [-0.15, -0.1) is 11.3 Å². The van der Waals surface area contributed by atoms with E-state index in [2.05, 4.69) is 25.3 Å². The smallest absolute Gasteiger partial charge is 0.229 e. The van der Waals surface area contributed by atoms with Gasteiger partial charge in [0.2, 0.25) is 5.95 Å². The molecular weight excluding hydrogens is 320 g/mol. The van der Waals surface area contributed by atoms with Crippen LogP contribution < -0.4 is 5.32 Å². The van der Waals surface area contributed by atoms with Gasteiger partial charge in [0.1, 0.15) is 17.0 Å². The lowest BCUT2D eigenvalue weighted by molar-refractivity contribution is 1.06. The van der Waals surface area contributed by atoms with E-state index >= 15 is 0 Å². The van der Waals surface area contributed by atoms with Crippen molar-refractivity contribution < 1.29 is 0 Å². The zero-order valence-corrected chi connectivity index (χ0v) is 13.7. The monoisotopic (exact) mass is 334 g/mol. The van der Waals surface area contributed by atoms with Crippen LogP contribution in [-0.2, 0) is 0 Å². The van der Waals surface area contributed by atoms with E-state index in [1.165, 1.54) is 0 Å². The molecule has 0 saturated heterocycles. The fourth-order valence-electron chi connectivity index (χ4n) is 2.25. The molecule has 118 valence electrons. The van der Waals surface area contributed by atoms with Crippen molar-refractivity contribution in [3.05, 3.63) is 66.2 Å². The number of thiazole rings is 1. The molecule has 0 fully saturated rings. The molecular formula is C17H14N6S. The zero-order valence-electron chi connectivity index (χ0n) is 12.9. The van der Waals surface area contributed by atoms with Gasteiger partial charge in [0.15, 0.2) is 5.82 Å². The van der Waals surface area contributed by atoms with Crippen molar-refractivity contribution >= 4 is 23.1 Å². The number of nitrogens with one attached hydrogen (secondary N) is 1. The van der Waals surface area contributed by atoms with Gasteiger partial charge in [-0.05, 0) is 25.1 Å². The minimum absolute atomic E-state index is 0.499. The maximum atomic E-state index is 4.51. The van der Waals surface area contributed by atoms with E-state index < -0.39 is 0 Å². The topological polar surface area (TPSA) is 68.5 Å². The Hall–Kier alpha value is -3.06. The molecule has 7 heteroatoms. The summed E-state index contributed by atoms with van der Waals surface area (Å²) in [7, 11) is 0. The average molecular weight is 334 g/mol. The summed E-state index contributed by atoms with van der Waals surface area (Å²) in [6.45, 7) is 2.03. The van der Waals surface area contributed by atoms with Crippen LogP contribution >= 0.6 is 11.3 Å². The molecule has 0 atom stereocenters. The molecule has 0 radical (unpaired) electrons. The van der Waals surface area contributed by atoms with Crippen LogP contribution in [0.15, 0.2) is 61.3 Å². The Morgan fingerprint density at radius 1 is 1.04 bits per heavy atom. The van der Waals surface area contributed by atoms with Crippen molar-refractivity contribution in [3.8, 4) is 16.4 Å². The third-order valence-corrected chi connectivity index (χ3v) is 4.31. The Balaban J connectivity index is 1.57. The quantitative estimate of drug-likeness (QED) is 0.614. The molecule has 0 unspecified atom stereocenters. The Labute approximate surface area is 142 Å². The first-order chi connectivity index (χ1) is 11.8. The molecule has 0 bridgehead atoms. The van der Waals surface area contributed by atoms with E-state index in [-0.39, 0.29) is 0 Å². The predicted octanol–water partition coefficient (Wildman–Crippen LogP) is 3.84. The lowest BCUT2D eigenvalue weighted by atomic mass is 10.3. The molecule has 0 saturated carbocycles. The molecule has 0 aliphatic rings. The Bertz CT molecular complexity index is 960. The average Bonchev–Trinajstić information content (AvgIpc) is 3.25.